The third-order valence-electron chi connectivity index (χ3n) is 3.88. The highest BCUT2D eigenvalue weighted by Gasteiger charge is 2.07. The second-order valence-corrected chi connectivity index (χ2v) is 6.82. The topological polar surface area (TPSA) is 61.3 Å². The molecule has 6 nitrogen and oxygen atoms in total. The molecule has 0 atom stereocenters. The minimum absolute atomic E-state index is 0.402. The maximum Gasteiger partial charge on any atom is 0.163 e. The molecule has 7 heteroatoms. The monoisotopic (exact) mass is 436 g/mol. The van der Waals surface area contributed by atoms with E-state index in [0.29, 0.717) is 48.8 Å². The molecule has 0 fully saturated rings. The lowest BCUT2D eigenvalue weighted by molar-refractivity contribution is 0.0540. The van der Waals surface area contributed by atoms with Gasteiger partial charge in [-0.25, -0.2) is 4.99 Å². The highest BCUT2D eigenvalue weighted by Crippen LogP contribution is 2.30. The molecule has 0 saturated heterocycles. The fourth-order valence-corrected chi connectivity index (χ4v) is 2.24. The van der Waals surface area contributed by atoms with Gasteiger partial charge < -0.3 is 24.3 Å². The summed E-state index contributed by atoms with van der Waals surface area (Å²) in [6.45, 7) is 7.72. The first-order valence-electron chi connectivity index (χ1n) is 9.91. The molecule has 0 bridgehead atoms. The van der Waals surface area contributed by atoms with Gasteiger partial charge in [0.2, 0.25) is 0 Å². The molecule has 0 spiro atoms. The number of nitrogens with zero attached hydrogens (tertiary/aromatic N) is 1. The van der Waals surface area contributed by atoms with Gasteiger partial charge in [0.15, 0.2) is 11.5 Å². The lowest BCUT2D eigenvalue weighted by Crippen LogP contribution is -2.12. The number of hydrogen-bond acceptors (Lipinski definition) is 5. The SMILES string of the molecule is CC/C=C/C=C\C(=N/C(C)=C(/C)Cl)Nc1ccc(OC)c(OCCOCCOC)c1. The Labute approximate surface area is 185 Å². The van der Waals surface area contributed by atoms with Crippen LogP contribution in [0.5, 0.6) is 11.5 Å². The van der Waals surface area contributed by atoms with E-state index in [0.717, 1.165) is 17.8 Å². The molecular weight excluding hydrogens is 404 g/mol. The van der Waals surface area contributed by atoms with Crippen molar-refractivity contribution < 1.29 is 18.9 Å². The fraction of sp³-hybridized carbons (Fsp3) is 0.435. The van der Waals surface area contributed by atoms with Crippen molar-refractivity contribution >= 4 is 23.1 Å². The first kappa shape index (κ1) is 25.8. The van der Waals surface area contributed by atoms with Gasteiger partial charge in [0.1, 0.15) is 12.4 Å². The number of amidine groups is 1. The molecule has 1 aromatic carbocycles. The van der Waals surface area contributed by atoms with E-state index < -0.39 is 0 Å². The predicted octanol–water partition coefficient (Wildman–Crippen LogP) is 5.56. The number of hydrogen-bond donors (Lipinski definition) is 1. The minimum Gasteiger partial charge on any atom is -0.493 e. The summed E-state index contributed by atoms with van der Waals surface area (Å²) in [5.74, 6) is 1.92. The summed E-state index contributed by atoms with van der Waals surface area (Å²) in [6, 6.07) is 5.61. The number of ether oxygens (including phenoxy) is 4. The van der Waals surface area contributed by atoms with Crippen molar-refractivity contribution in [1.29, 1.82) is 0 Å². The largest absolute Gasteiger partial charge is 0.493 e. The second kappa shape index (κ2) is 15.5. The van der Waals surface area contributed by atoms with Crippen molar-refractivity contribution in [3.05, 3.63) is 53.2 Å². The molecule has 30 heavy (non-hydrogen) atoms. The van der Waals surface area contributed by atoms with Crippen LogP contribution in [0.25, 0.3) is 0 Å². The van der Waals surface area contributed by atoms with Crippen LogP contribution in [-0.4, -0.2) is 46.5 Å². The van der Waals surface area contributed by atoms with E-state index in [2.05, 4.69) is 23.3 Å². The second-order valence-electron chi connectivity index (χ2n) is 6.26. The molecule has 0 heterocycles. The van der Waals surface area contributed by atoms with Crippen LogP contribution < -0.4 is 14.8 Å². The number of allylic oxidation sites excluding steroid dienone is 5. The van der Waals surface area contributed by atoms with Crippen LogP contribution in [-0.2, 0) is 9.47 Å². The van der Waals surface area contributed by atoms with Crippen LogP contribution in [0.4, 0.5) is 5.69 Å². The Bertz CT molecular complexity index is 754. The maximum absolute atomic E-state index is 6.08. The molecule has 0 radical (unpaired) electrons. The number of rotatable bonds is 13. The van der Waals surface area contributed by atoms with Crippen molar-refractivity contribution in [2.45, 2.75) is 27.2 Å². The van der Waals surface area contributed by atoms with Crippen LogP contribution in [0, 0.1) is 0 Å². The lowest BCUT2D eigenvalue weighted by Gasteiger charge is -2.14. The molecule has 1 N–H and O–H groups in total. The van der Waals surface area contributed by atoms with Gasteiger partial charge >= 0.3 is 0 Å². The Balaban J connectivity index is 2.94. The maximum atomic E-state index is 6.08. The molecule has 0 unspecified atom stereocenters. The molecule has 0 aliphatic rings. The number of anilines is 1. The van der Waals surface area contributed by atoms with Gasteiger partial charge in [-0.2, -0.15) is 0 Å². The Morgan fingerprint density at radius 3 is 2.50 bits per heavy atom. The Kier molecular flexibility index (Phi) is 13.3. The predicted molar refractivity (Wildman–Crippen MR) is 125 cm³/mol. The van der Waals surface area contributed by atoms with Crippen LogP contribution in [0.3, 0.4) is 0 Å². The minimum atomic E-state index is 0.402. The molecule has 0 aliphatic carbocycles. The van der Waals surface area contributed by atoms with E-state index in [1.54, 1.807) is 14.2 Å². The van der Waals surface area contributed by atoms with Gasteiger partial charge in [-0.3, -0.25) is 0 Å². The van der Waals surface area contributed by atoms with Gasteiger partial charge in [-0.15, -0.1) is 0 Å². The van der Waals surface area contributed by atoms with E-state index in [-0.39, 0.29) is 0 Å². The molecule has 0 aliphatic heterocycles. The molecule has 1 rings (SSSR count). The summed E-state index contributed by atoms with van der Waals surface area (Å²) in [7, 11) is 3.25. The Hall–Kier alpha value is -2.28. The molecule has 166 valence electrons. The van der Waals surface area contributed by atoms with E-state index >= 15 is 0 Å². The van der Waals surface area contributed by atoms with Crippen LogP contribution >= 0.6 is 11.6 Å². The standard InChI is InChI=1S/C23H33ClN2O4/c1-6-7-8-9-10-23(25-19(3)18(2)24)26-20-11-12-21(28-5)22(17-20)30-16-15-29-14-13-27-4/h7-12,17H,6,13-16H2,1-5H3,(H,25,26)/b8-7+,10-9-,19-18-. The normalized spacial score (nSPS) is 13.1. The highest BCUT2D eigenvalue weighted by molar-refractivity contribution is 6.29. The van der Waals surface area contributed by atoms with Crippen molar-refractivity contribution in [1.82, 2.24) is 0 Å². The van der Waals surface area contributed by atoms with E-state index in [1.807, 2.05) is 50.3 Å². The van der Waals surface area contributed by atoms with Gasteiger partial charge in [0, 0.05) is 23.9 Å². The van der Waals surface area contributed by atoms with Crippen molar-refractivity contribution in [2.75, 3.05) is 46.0 Å². The van der Waals surface area contributed by atoms with Crippen molar-refractivity contribution in [2.24, 2.45) is 4.99 Å². The number of benzene rings is 1. The zero-order chi connectivity index (χ0) is 22.2. The molecular formula is C23H33ClN2O4. The van der Waals surface area contributed by atoms with Crippen LogP contribution in [0.2, 0.25) is 0 Å². The third-order valence-corrected chi connectivity index (χ3v) is 4.15. The first-order valence-corrected chi connectivity index (χ1v) is 10.3. The zero-order valence-corrected chi connectivity index (χ0v) is 19.3. The van der Waals surface area contributed by atoms with Crippen LogP contribution in [0.15, 0.2) is 58.2 Å². The fourth-order valence-electron chi connectivity index (χ4n) is 2.20. The summed E-state index contributed by atoms with van der Waals surface area (Å²) in [4.78, 5) is 4.57. The Morgan fingerprint density at radius 2 is 1.83 bits per heavy atom. The van der Waals surface area contributed by atoms with Gasteiger partial charge in [0.05, 0.1) is 32.6 Å². The lowest BCUT2D eigenvalue weighted by atomic mass is 10.2. The molecule has 0 amide bonds. The van der Waals surface area contributed by atoms with E-state index in [9.17, 15) is 0 Å². The third kappa shape index (κ3) is 10.5. The molecule has 0 aromatic heterocycles. The Morgan fingerprint density at radius 1 is 1.07 bits per heavy atom. The van der Waals surface area contributed by atoms with Crippen molar-refractivity contribution in [3.8, 4) is 11.5 Å². The van der Waals surface area contributed by atoms with E-state index in [4.69, 9.17) is 30.5 Å². The van der Waals surface area contributed by atoms with Gasteiger partial charge in [-0.1, -0.05) is 36.8 Å². The number of aliphatic imine (C=N–C) groups is 1. The number of nitrogens with one attached hydrogen (secondary N) is 1. The smallest absolute Gasteiger partial charge is 0.163 e. The van der Waals surface area contributed by atoms with Crippen LogP contribution in [0.1, 0.15) is 27.2 Å². The molecule has 1 aromatic rings. The molecule has 0 saturated carbocycles. The van der Waals surface area contributed by atoms with Crippen molar-refractivity contribution in [3.63, 3.8) is 0 Å². The van der Waals surface area contributed by atoms with Gasteiger partial charge in [0.25, 0.3) is 0 Å². The average molecular weight is 437 g/mol. The zero-order valence-electron chi connectivity index (χ0n) is 18.5. The van der Waals surface area contributed by atoms with E-state index in [1.165, 1.54) is 0 Å². The first-order chi connectivity index (χ1) is 14.5. The summed E-state index contributed by atoms with van der Waals surface area (Å²) < 4.78 is 21.6. The quantitative estimate of drug-likeness (QED) is 0.190. The highest BCUT2D eigenvalue weighted by atomic mass is 35.5. The van der Waals surface area contributed by atoms with Gasteiger partial charge in [-0.05, 0) is 38.5 Å². The summed E-state index contributed by atoms with van der Waals surface area (Å²) in [5, 5.41) is 3.94. The number of methoxy groups -OCH3 is 2. The summed E-state index contributed by atoms with van der Waals surface area (Å²) in [5.41, 5.74) is 1.55. The number of halogens is 1. The summed E-state index contributed by atoms with van der Waals surface area (Å²) >= 11 is 6.08. The summed E-state index contributed by atoms with van der Waals surface area (Å²) in [6.07, 6.45) is 8.85. The average Bonchev–Trinajstić information content (AvgIpc) is 2.73.